The predicted octanol–water partition coefficient (Wildman–Crippen LogP) is 4.23. The molecule has 1 N–H and O–H groups in total. The SMILES string of the molecule is Cc1ccc(OCCNC(=O)[C@@H](C)Oc2cc(C)c(Cl)c(C)c2)cc1. The largest absolute Gasteiger partial charge is 0.492 e. The summed E-state index contributed by atoms with van der Waals surface area (Å²) in [5.41, 5.74) is 3.03. The molecular formula is C20H24ClNO3. The molecule has 0 spiro atoms. The van der Waals surface area contributed by atoms with Crippen LogP contribution in [0.25, 0.3) is 0 Å². The van der Waals surface area contributed by atoms with Crippen LogP contribution in [0.4, 0.5) is 0 Å². The number of ether oxygens (including phenoxy) is 2. The zero-order valence-corrected chi connectivity index (χ0v) is 15.8. The fourth-order valence-corrected chi connectivity index (χ4v) is 2.46. The van der Waals surface area contributed by atoms with Gasteiger partial charge < -0.3 is 14.8 Å². The molecule has 134 valence electrons. The van der Waals surface area contributed by atoms with Crippen LogP contribution in [0.15, 0.2) is 36.4 Å². The lowest BCUT2D eigenvalue weighted by Gasteiger charge is -2.16. The molecule has 2 aromatic rings. The van der Waals surface area contributed by atoms with Gasteiger partial charge in [-0.25, -0.2) is 0 Å². The van der Waals surface area contributed by atoms with Gasteiger partial charge in [0.25, 0.3) is 5.91 Å². The second-order valence-electron chi connectivity index (χ2n) is 6.08. The first-order chi connectivity index (χ1) is 11.9. The highest BCUT2D eigenvalue weighted by Crippen LogP contribution is 2.26. The monoisotopic (exact) mass is 361 g/mol. The van der Waals surface area contributed by atoms with Crippen LogP contribution in [-0.4, -0.2) is 25.2 Å². The van der Waals surface area contributed by atoms with E-state index in [0.717, 1.165) is 21.9 Å². The molecule has 2 aromatic carbocycles. The van der Waals surface area contributed by atoms with Crippen LogP contribution < -0.4 is 14.8 Å². The van der Waals surface area contributed by atoms with E-state index in [-0.39, 0.29) is 5.91 Å². The number of halogens is 1. The van der Waals surface area contributed by atoms with E-state index in [9.17, 15) is 4.79 Å². The molecule has 0 unspecified atom stereocenters. The lowest BCUT2D eigenvalue weighted by atomic mass is 10.1. The van der Waals surface area contributed by atoms with Gasteiger partial charge in [-0.3, -0.25) is 4.79 Å². The van der Waals surface area contributed by atoms with E-state index in [1.807, 2.05) is 57.2 Å². The number of carbonyl (C=O) groups is 1. The second kappa shape index (κ2) is 8.77. The van der Waals surface area contributed by atoms with Crippen molar-refractivity contribution in [2.75, 3.05) is 13.2 Å². The molecule has 0 saturated carbocycles. The van der Waals surface area contributed by atoms with Gasteiger partial charge in [0.2, 0.25) is 0 Å². The molecule has 0 aliphatic rings. The minimum Gasteiger partial charge on any atom is -0.492 e. The van der Waals surface area contributed by atoms with E-state index in [1.54, 1.807) is 6.92 Å². The van der Waals surface area contributed by atoms with Crippen LogP contribution in [0.5, 0.6) is 11.5 Å². The zero-order valence-electron chi connectivity index (χ0n) is 15.1. The number of hydrogen-bond donors (Lipinski definition) is 1. The second-order valence-corrected chi connectivity index (χ2v) is 6.46. The first-order valence-corrected chi connectivity index (χ1v) is 8.65. The van der Waals surface area contributed by atoms with Gasteiger partial charge in [0, 0.05) is 5.02 Å². The molecule has 1 atom stereocenters. The highest BCUT2D eigenvalue weighted by molar-refractivity contribution is 6.32. The lowest BCUT2D eigenvalue weighted by Crippen LogP contribution is -2.38. The smallest absolute Gasteiger partial charge is 0.260 e. The third kappa shape index (κ3) is 5.68. The van der Waals surface area contributed by atoms with Gasteiger partial charge >= 0.3 is 0 Å². The van der Waals surface area contributed by atoms with E-state index < -0.39 is 6.10 Å². The molecule has 0 aliphatic carbocycles. The Hall–Kier alpha value is -2.20. The maximum absolute atomic E-state index is 12.1. The van der Waals surface area contributed by atoms with Crippen LogP contribution in [0.2, 0.25) is 5.02 Å². The van der Waals surface area contributed by atoms with Crippen molar-refractivity contribution in [3.05, 3.63) is 58.1 Å². The van der Waals surface area contributed by atoms with Crippen molar-refractivity contribution in [3.63, 3.8) is 0 Å². The standard InChI is InChI=1S/C20H24ClNO3/c1-13-5-7-17(8-6-13)24-10-9-22-20(23)16(4)25-18-11-14(2)19(21)15(3)12-18/h5-8,11-12,16H,9-10H2,1-4H3,(H,22,23)/t16-/m1/s1. The first-order valence-electron chi connectivity index (χ1n) is 8.27. The Labute approximate surface area is 154 Å². The molecule has 5 heteroatoms. The van der Waals surface area contributed by atoms with Crippen LogP contribution in [0.3, 0.4) is 0 Å². The van der Waals surface area contributed by atoms with Crippen molar-refractivity contribution in [1.82, 2.24) is 5.32 Å². The number of amides is 1. The third-order valence-corrected chi connectivity index (χ3v) is 4.38. The molecular weight excluding hydrogens is 338 g/mol. The summed E-state index contributed by atoms with van der Waals surface area (Å²) in [6.45, 7) is 8.38. The summed E-state index contributed by atoms with van der Waals surface area (Å²) in [6, 6.07) is 11.5. The van der Waals surface area contributed by atoms with E-state index in [4.69, 9.17) is 21.1 Å². The van der Waals surface area contributed by atoms with Crippen LogP contribution in [0, 0.1) is 20.8 Å². The van der Waals surface area contributed by atoms with Crippen molar-refractivity contribution in [2.45, 2.75) is 33.8 Å². The fraction of sp³-hybridized carbons (Fsp3) is 0.350. The topological polar surface area (TPSA) is 47.6 Å². The molecule has 0 aromatic heterocycles. The van der Waals surface area contributed by atoms with Gasteiger partial charge in [-0.2, -0.15) is 0 Å². The Bertz CT molecular complexity index is 705. The zero-order chi connectivity index (χ0) is 18.4. The van der Waals surface area contributed by atoms with Crippen LogP contribution in [-0.2, 0) is 4.79 Å². The summed E-state index contributed by atoms with van der Waals surface area (Å²) in [6.07, 6.45) is -0.598. The molecule has 0 fully saturated rings. The van der Waals surface area contributed by atoms with Gasteiger partial charge in [0.1, 0.15) is 18.1 Å². The van der Waals surface area contributed by atoms with Crippen molar-refractivity contribution in [1.29, 1.82) is 0 Å². The van der Waals surface area contributed by atoms with E-state index in [2.05, 4.69) is 5.32 Å². The quantitative estimate of drug-likeness (QED) is 0.751. The average Bonchev–Trinajstić information content (AvgIpc) is 2.57. The number of aryl methyl sites for hydroxylation is 3. The third-order valence-electron chi connectivity index (χ3n) is 3.78. The molecule has 0 radical (unpaired) electrons. The van der Waals surface area contributed by atoms with Crippen LogP contribution in [0.1, 0.15) is 23.6 Å². The van der Waals surface area contributed by atoms with Crippen molar-refractivity contribution in [2.24, 2.45) is 0 Å². The summed E-state index contributed by atoms with van der Waals surface area (Å²) in [5.74, 6) is 1.24. The predicted molar refractivity (Wildman–Crippen MR) is 101 cm³/mol. The van der Waals surface area contributed by atoms with Crippen molar-refractivity contribution >= 4 is 17.5 Å². The molecule has 0 aliphatic heterocycles. The summed E-state index contributed by atoms with van der Waals surface area (Å²) in [7, 11) is 0. The molecule has 0 saturated heterocycles. The highest BCUT2D eigenvalue weighted by Gasteiger charge is 2.15. The summed E-state index contributed by atoms with van der Waals surface area (Å²) in [4.78, 5) is 12.1. The number of benzene rings is 2. The molecule has 25 heavy (non-hydrogen) atoms. The van der Waals surface area contributed by atoms with Gasteiger partial charge in [-0.15, -0.1) is 0 Å². The summed E-state index contributed by atoms with van der Waals surface area (Å²) < 4.78 is 11.3. The molecule has 0 heterocycles. The number of hydrogen-bond acceptors (Lipinski definition) is 3. The minimum atomic E-state index is -0.598. The molecule has 4 nitrogen and oxygen atoms in total. The number of rotatable bonds is 7. The van der Waals surface area contributed by atoms with Gasteiger partial charge in [0.05, 0.1) is 6.54 Å². The lowest BCUT2D eigenvalue weighted by molar-refractivity contribution is -0.127. The van der Waals surface area contributed by atoms with E-state index in [1.165, 1.54) is 5.56 Å². The average molecular weight is 362 g/mol. The first kappa shape index (κ1) is 19.1. The maximum Gasteiger partial charge on any atom is 0.260 e. The molecule has 2 rings (SSSR count). The van der Waals surface area contributed by atoms with E-state index in [0.29, 0.717) is 18.9 Å². The number of carbonyl (C=O) groups excluding carboxylic acids is 1. The van der Waals surface area contributed by atoms with Crippen molar-refractivity contribution in [3.8, 4) is 11.5 Å². The van der Waals surface area contributed by atoms with Crippen LogP contribution >= 0.6 is 11.6 Å². The molecule has 0 bridgehead atoms. The molecule has 1 amide bonds. The van der Waals surface area contributed by atoms with Gasteiger partial charge in [-0.05, 0) is 63.1 Å². The van der Waals surface area contributed by atoms with Gasteiger partial charge in [-0.1, -0.05) is 29.3 Å². The Morgan fingerprint density at radius 2 is 1.68 bits per heavy atom. The normalized spacial score (nSPS) is 11.7. The fourth-order valence-electron chi connectivity index (χ4n) is 2.35. The Balaban J connectivity index is 1.77. The maximum atomic E-state index is 12.1. The highest BCUT2D eigenvalue weighted by atomic mass is 35.5. The minimum absolute atomic E-state index is 0.183. The van der Waals surface area contributed by atoms with Gasteiger partial charge in [0.15, 0.2) is 6.10 Å². The van der Waals surface area contributed by atoms with E-state index >= 15 is 0 Å². The summed E-state index contributed by atoms with van der Waals surface area (Å²) >= 11 is 6.14. The summed E-state index contributed by atoms with van der Waals surface area (Å²) in [5, 5.41) is 3.53. The Morgan fingerprint density at radius 3 is 2.28 bits per heavy atom. The number of nitrogens with one attached hydrogen (secondary N) is 1. The Kier molecular flexibility index (Phi) is 6.71. The Morgan fingerprint density at radius 1 is 1.08 bits per heavy atom. The van der Waals surface area contributed by atoms with Crippen molar-refractivity contribution < 1.29 is 14.3 Å².